The molecule has 1 aliphatic rings. The second-order valence-corrected chi connectivity index (χ2v) is 7.40. The fourth-order valence-electron chi connectivity index (χ4n) is 3.60. The summed E-state index contributed by atoms with van der Waals surface area (Å²) in [6.07, 6.45) is 9.72. The Labute approximate surface area is 173 Å². The Bertz CT molecular complexity index is 816. The van der Waals surface area contributed by atoms with Crippen LogP contribution in [-0.4, -0.2) is 37.7 Å². The molecule has 1 fully saturated rings. The average molecular weight is 397 g/mol. The first-order valence-corrected chi connectivity index (χ1v) is 10.4. The van der Waals surface area contributed by atoms with Crippen LogP contribution < -0.4 is 20.1 Å². The van der Waals surface area contributed by atoms with E-state index in [-0.39, 0.29) is 0 Å². The minimum absolute atomic E-state index is 0.307. The van der Waals surface area contributed by atoms with Gasteiger partial charge in [0.1, 0.15) is 11.5 Å². The number of guanidine groups is 1. The van der Waals surface area contributed by atoms with Crippen molar-refractivity contribution in [3.8, 4) is 11.5 Å². The largest absolute Gasteiger partial charge is 0.497 e. The van der Waals surface area contributed by atoms with Gasteiger partial charge >= 0.3 is 0 Å². The Morgan fingerprint density at radius 3 is 2.72 bits per heavy atom. The van der Waals surface area contributed by atoms with Gasteiger partial charge in [0.15, 0.2) is 5.96 Å². The molecule has 1 aromatic heterocycles. The molecule has 3 rings (SSSR count). The quantitative estimate of drug-likeness (QED) is 0.527. The summed E-state index contributed by atoms with van der Waals surface area (Å²) in [7, 11) is 3.47. The lowest BCUT2D eigenvalue weighted by Gasteiger charge is -2.19. The minimum atomic E-state index is 0.307. The fraction of sp³-hybridized carbons (Fsp3) is 0.478. The van der Waals surface area contributed by atoms with Crippen molar-refractivity contribution >= 4 is 5.96 Å². The Morgan fingerprint density at radius 2 is 2.00 bits per heavy atom. The number of pyridine rings is 1. The number of benzene rings is 1. The predicted molar refractivity (Wildman–Crippen MR) is 117 cm³/mol. The number of ether oxygens (including phenoxy) is 2. The molecule has 0 aliphatic heterocycles. The number of aryl methyl sites for hydroxylation is 1. The molecule has 0 atom stereocenters. The molecular formula is C23H32N4O2. The fourth-order valence-corrected chi connectivity index (χ4v) is 3.60. The zero-order valence-electron chi connectivity index (χ0n) is 17.7. The van der Waals surface area contributed by atoms with Gasteiger partial charge in [-0.1, -0.05) is 0 Å². The molecular weight excluding hydrogens is 364 g/mol. The van der Waals surface area contributed by atoms with Crippen molar-refractivity contribution < 1.29 is 9.47 Å². The number of nitrogens with one attached hydrogen (secondary N) is 2. The van der Waals surface area contributed by atoms with E-state index in [1.165, 1.54) is 24.0 Å². The molecule has 6 heteroatoms. The Hall–Kier alpha value is -2.76. The normalized spacial score (nSPS) is 14.7. The number of hydrogen-bond acceptors (Lipinski definition) is 4. The van der Waals surface area contributed by atoms with Crippen LogP contribution in [0.15, 0.2) is 41.7 Å². The summed E-state index contributed by atoms with van der Waals surface area (Å²) >= 11 is 0. The lowest BCUT2D eigenvalue weighted by Crippen LogP contribution is -2.38. The molecule has 156 valence electrons. The number of hydrogen-bond donors (Lipinski definition) is 2. The van der Waals surface area contributed by atoms with Gasteiger partial charge in [0.25, 0.3) is 0 Å². The highest BCUT2D eigenvalue weighted by atomic mass is 16.5. The standard InChI is InChI=1S/C23H32N4O2/c1-17-15-25-12-10-18(17)11-13-26-23(24-2)27-16-19-8-9-21(28-3)14-22(19)29-20-6-4-5-7-20/h8-10,12,14-15,20H,4-7,11,13,16H2,1-3H3,(H2,24,26,27). The maximum atomic E-state index is 6.28. The SMILES string of the molecule is CN=C(NCCc1ccncc1C)NCc1ccc(OC)cc1OC1CCCC1. The van der Waals surface area contributed by atoms with Crippen LogP contribution in [0.1, 0.15) is 42.4 Å². The first-order chi connectivity index (χ1) is 14.2. The van der Waals surface area contributed by atoms with E-state index in [0.29, 0.717) is 12.6 Å². The second-order valence-electron chi connectivity index (χ2n) is 7.40. The summed E-state index contributed by atoms with van der Waals surface area (Å²) < 4.78 is 11.7. The first-order valence-electron chi connectivity index (χ1n) is 10.4. The van der Waals surface area contributed by atoms with Crippen molar-refractivity contribution in [1.29, 1.82) is 0 Å². The zero-order chi connectivity index (χ0) is 20.5. The lowest BCUT2D eigenvalue weighted by molar-refractivity contribution is 0.207. The van der Waals surface area contributed by atoms with Crippen molar-refractivity contribution in [2.45, 2.75) is 51.7 Å². The van der Waals surface area contributed by atoms with Crippen molar-refractivity contribution in [1.82, 2.24) is 15.6 Å². The molecule has 1 aliphatic carbocycles. The van der Waals surface area contributed by atoms with Gasteiger partial charge in [0.2, 0.25) is 0 Å². The summed E-state index contributed by atoms with van der Waals surface area (Å²) in [6, 6.07) is 8.08. The molecule has 1 aromatic carbocycles. The number of aliphatic imine (C=N–C) groups is 1. The van der Waals surface area contributed by atoms with Gasteiger partial charge in [-0.15, -0.1) is 0 Å². The molecule has 0 spiro atoms. The zero-order valence-corrected chi connectivity index (χ0v) is 17.7. The maximum absolute atomic E-state index is 6.28. The molecule has 2 aromatic rings. The third-order valence-electron chi connectivity index (χ3n) is 5.36. The van der Waals surface area contributed by atoms with Gasteiger partial charge in [-0.05, 0) is 68.4 Å². The van der Waals surface area contributed by atoms with Crippen LogP contribution in [0.3, 0.4) is 0 Å². The number of aromatic nitrogens is 1. The van der Waals surface area contributed by atoms with Gasteiger partial charge in [-0.2, -0.15) is 0 Å². The van der Waals surface area contributed by atoms with E-state index in [9.17, 15) is 0 Å². The van der Waals surface area contributed by atoms with Crippen LogP contribution in [0.25, 0.3) is 0 Å². The van der Waals surface area contributed by atoms with E-state index in [1.54, 1.807) is 14.2 Å². The van der Waals surface area contributed by atoms with Crippen LogP contribution >= 0.6 is 0 Å². The van der Waals surface area contributed by atoms with Crippen molar-refractivity contribution in [3.63, 3.8) is 0 Å². The van der Waals surface area contributed by atoms with E-state index < -0.39 is 0 Å². The topological polar surface area (TPSA) is 67.8 Å². The van der Waals surface area contributed by atoms with Crippen LogP contribution in [-0.2, 0) is 13.0 Å². The van der Waals surface area contributed by atoms with E-state index in [2.05, 4.69) is 39.7 Å². The summed E-state index contributed by atoms with van der Waals surface area (Å²) in [5.74, 6) is 2.49. The van der Waals surface area contributed by atoms with Crippen LogP contribution in [0, 0.1) is 6.92 Å². The summed E-state index contributed by atoms with van der Waals surface area (Å²) in [4.78, 5) is 8.49. The molecule has 0 saturated heterocycles. The molecule has 2 N–H and O–H groups in total. The van der Waals surface area contributed by atoms with Crippen LogP contribution in [0.2, 0.25) is 0 Å². The minimum Gasteiger partial charge on any atom is -0.497 e. The van der Waals surface area contributed by atoms with Crippen LogP contribution in [0.4, 0.5) is 0 Å². The first kappa shape index (κ1) is 21.0. The Balaban J connectivity index is 1.56. The number of methoxy groups -OCH3 is 1. The Morgan fingerprint density at radius 1 is 1.17 bits per heavy atom. The van der Waals surface area contributed by atoms with Crippen molar-refractivity contribution in [3.05, 3.63) is 53.3 Å². The van der Waals surface area contributed by atoms with Gasteiger partial charge in [-0.25, -0.2) is 0 Å². The summed E-state index contributed by atoms with van der Waals surface area (Å²) in [5, 5.41) is 6.78. The van der Waals surface area contributed by atoms with E-state index in [0.717, 1.165) is 48.8 Å². The van der Waals surface area contributed by atoms with Gasteiger partial charge in [-0.3, -0.25) is 9.98 Å². The Kier molecular flexibility index (Phi) is 7.73. The highest BCUT2D eigenvalue weighted by molar-refractivity contribution is 5.79. The third kappa shape index (κ3) is 6.11. The smallest absolute Gasteiger partial charge is 0.191 e. The second kappa shape index (κ2) is 10.7. The average Bonchev–Trinajstić information content (AvgIpc) is 3.25. The van der Waals surface area contributed by atoms with Gasteiger partial charge < -0.3 is 20.1 Å². The van der Waals surface area contributed by atoms with E-state index in [1.807, 2.05) is 24.5 Å². The molecule has 29 heavy (non-hydrogen) atoms. The molecule has 0 radical (unpaired) electrons. The highest BCUT2D eigenvalue weighted by Crippen LogP contribution is 2.29. The molecule has 1 saturated carbocycles. The maximum Gasteiger partial charge on any atom is 0.191 e. The molecule has 6 nitrogen and oxygen atoms in total. The highest BCUT2D eigenvalue weighted by Gasteiger charge is 2.18. The van der Waals surface area contributed by atoms with E-state index in [4.69, 9.17) is 9.47 Å². The molecule has 0 amide bonds. The molecule has 0 bridgehead atoms. The van der Waals surface area contributed by atoms with Crippen molar-refractivity contribution in [2.75, 3.05) is 20.7 Å². The monoisotopic (exact) mass is 396 g/mol. The third-order valence-corrected chi connectivity index (χ3v) is 5.36. The lowest BCUT2D eigenvalue weighted by atomic mass is 10.1. The molecule has 1 heterocycles. The van der Waals surface area contributed by atoms with Gasteiger partial charge in [0.05, 0.1) is 13.2 Å². The predicted octanol–water partition coefficient (Wildman–Crippen LogP) is 3.63. The number of rotatable bonds is 8. The van der Waals surface area contributed by atoms with Crippen molar-refractivity contribution in [2.24, 2.45) is 4.99 Å². The number of nitrogens with zero attached hydrogens (tertiary/aromatic N) is 2. The van der Waals surface area contributed by atoms with Crippen LogP contribution in [0.5, 0.6) is 11.5 Å². The van der Waals surface area contributed by atoms with E-state index >= 15 is 0 Å². The summed E-state index contributed by atoms with van der Waals surface area (Å²) in [5.41, 5.74) is 3.61. The molecule has 0 unspecified atom stereocenters. The summed E-state index contributed by atoms with van der Waals surface area (Å²) in [6.45, 7) is 3.53. The van der Waals surface area contributed by atoms with Gasteiger partial charge in [0, 0.05) is 44.2 Å².